The van der Waals surface area contributed by atoms with Crippen molar-refractivity contribution in [3.63, 3.8) is 0 Å². The van der Waals surface area contributed by atoms with E-state index in [-0.39, 0.29) is 0 Å². The first-order valence-electron chi connectivity index (χ1n) is 9.12. The predicted molar refractivity (Wildman–Crippen MR) is 106 cm³/mol. The molecule has 1 heterocycles. The van der Waals surface area contributed by atoms with Crippen LogP contribution in [0, 0.1) is 5.92 Å². The van der Waals surface area contributed by atoms with Crippen LogP contribution in [0.5, 0.6) is 0 Å². The van der Waals surface area contributed by atoms with Gasteiger partial charge in [-0.15, -0.1) is 0 Å². The maximum atomic E-state index is 4.86. The van der Waals surface area contributed by atoms with E-state index >= 15 is 0 Å². The molecule has 0 spiro atoms. The highest BCUT2D eigenvalue weighted by Crippen LogP contribution is 2.40. The van der Waals surface area contributed by atoms with Crippen molar-refractivity contribution in [2.75, 3.05) is 0 Å². The van der Waals surface area contributed by atoms with Crippen LogP contribution in [0.15, 0.2) is 60.8 Å². The summed E-state index contributed by atoms with van der Waals surface area (Å²) < 4.78 is 0. The van der Waals surface area contributed by atoms with Crippen molar-refractivity contribution in [3.05, 3.63) is 77.5 Å². The first-order chi connectivity index (χ1) is 12.2. The van der Waals surface area contributed by atoms with Gasteiger partial charge in [-0.2, -0.15) is 0 Å². The van der Waals surface area contributed by atoms with Gasteiger partial charge in [0.15, 0.2) is 0 Å². The van der Waals surface area contributed by atoms with Crippen molar-refractivity contribution in [1.29, 1.82) is 0 Å². The van der Waals surface area contributed by atoms with Gasteiger partial charge in [-0.05, 0) is 45.2 Å². The van der Waals surface area contributed by atoms with Crippen molar-refractivity contribution in [2.24, 2.45) is 5.92 Å². The van der Waals surface area contributed by atoms with E-state index in [1.165, 1.54) is 49.5 Å². The van der Waals surface area contributed by atoms with Crippen LogP contribution in [0.3, 0.4) is 0 Å². The van der Waals surface area contributed by atoms with Crippen LogP contribution in [-0.2, 0) is 12.8 Å². The average Bonchev–Trinajstić information content (AvgIpc) is 2.62. The lowest BCUT2D eigenvalue weighted by atomic mass is 9.84. The third-order valence-corrected chi connectivity index (χ3v) is 5.32. The summed E-state index contributed by atoms with van der Waals surface area (Å²) in [4.78, 5) is 4.86. The van der Waals surface area contributed by atoms with Gasteiger partial charge in [0.2, 0.25) is 0 Å². The van der Waals surface area contributed by atoms with Gasteiger partial charge < -0.3 is 0 Å². The molecular weight excluding hydrogens is 302 g/mol. The second-order valence-corrected chi connectivity index (χ2v) is 7.60. The topological polar surface area (TPSA) is 12.9 Å². The third-order valence-electron chi connectivity index (χ3n) is 5.32. The Labute approximate surface area is 148 Å². The molecule has 0 unspecified atom stereocenters. The first kappa shape index (κ1) is 14.7. The maximum absolute atomic E-state index is 4.86. The normalized spacial score (nSPS) is 12.8. The van der Waals surface area contributed by atoms with Crippen molar-refractivity contribution in [2.45, 2.75) is 26.7 Å². The molecule has 1 aromatic heterocycles. The van der Waals surface area contributed by atoms with Crippen molar-refractivity contribution < 1.29 is 0 Å². The van der Waals surface area contributed by atoms with E-state index in [1.54, 1.807) is 0 Å². The highest BCUT2D eigenvalue weighted by Gasteiger charge is 2.21. The molecule has 0 saturated heterocycles. The van der Waals surface area contributed by atoms with Crippen LogP contribution < -0.4 is 0 Å². The van der Waals surface area contributed by atoms with E-state index < -0.39 is 0 Å². The summed E-state index contributed by atoms with van der Waals surface area (Å²) in [5.41, 5.74) is 6.68. The molecule has 0 atom stereocenters. The molecule has 3 aromatic carbocycles. The molecule has 0 saturated carbocycles. The van der Waals surface area contributed by atoms with E-state index in [0.717, 1.165) is 12.8 Å². The average molecular weight is 323 g/mol. The van der Waals surface area contributed by atoms with E-state index in [0.29, 0.717) is 5.92 Å². The molecule has 1 aliphatic rings. The Morgan fingerprint density at radius 1 is 0.960 bits per heavy atom. The highest BCUT2D eigenvalue weighted by atomic mass is 14.7. The summed E-state index contributed by atoms with van der Waals surface area (Å²) in [7, 11) is 0. The highest BCUT2D eigenvalue weighted by molar-refractivity contribution is 6.04. The number of hydrogen-bond donors (Lipinski definition) is 0. The molecule has 25 heavy (non-hydrogen) atoms. The van der Waals surface area contributed by atoms with Gasteiger partial charge in [0.05, 0.1) is 5.69 Å². The van der Waals surface area contributed by atoms with Crippen LogP contribution in [0.1, 0.15) is 30.5 Å². The lowest BCUT2D eigenvalue weighted by molar-refractivity contribution is 0.648. The molecule has 1 heteroatoms. The van der Waals surface area contributed by atoms with Crippen molar-refractivity contribution in [1.82, 2.24) is 4.98 Å². The standard InChI is InChI=1S/C24H21N/c1-15(2)11-16-9-10-19-14-25-24-20-8-4-6-17-5-3-7-18(23(17)20)13-22(24)21(19)12-16/h3-10,12,14-15H,11,13H2,1-2H3. The zero-order chi connectivity index (χ0) is 17.0. The number of pyridine rings is 1. The SMILES string of the molecule is CC(C)Cc1ccc2cnc3c(c2c1)Cc1cccc2cccc-3c12. The minimum atomic E-state index is 0.671. The fourth-order valence-corrected chi connectivity index (χ4v) is 4.28. The Kier molecular flexibility index (Phi) is 3.18. The Bertz CT molecular complexity index is 1120. The number of fused-ring (bicyclic) bond motifs is 4. The quantitative estimate of drug-likeness (QED) is 0.379. The van der Waals surface area contributed by atoms with E-state index in [9.17, 15) is 0 Å². The number of aromatic nitrogens is 1. The van der Waals surface area contributed by atoms with Crippen LogP contribution in [0.25, 0.3) is 32.8 Å². The summed E-state index contributed by atoms with van der Waals surface area (Å²) in [6.07, 6.45) is 4.14. The van der Waals surface area contributed by atoms with Crippen LogP contribution in [-0.4, -0.2) is 4.98 Å². The van der Waals surface area contributed by atoms with Gasteiger partial charge in [0.1, 0.15) is 0 Å². The molecule has 0 radical (unpaired) electrons. The van der Waals surface area contributed by atoms with Gasteiger partial charge in [-0.3, -0.25) is 4.98 Å². The number of rotatable bonds is 2. The predicted octanol–water partition coefficient (Wildman–Crippen LogP) is 6.16. The summed E-state index contributed by atoms with van der Waals surface area (Å²) >= 11 is 0. The Morgan fingerprint density at radius 3 is 2.64 bits per heavy atom. The molecule has 0 N–H and O–H groups in total. The Morgan fingerprint density at radius 2 is 1.80 bits per heavy atom. The van der Waals surface area contributed by atoms with Gasteiger partial charge in [-0.1, -0.05) is 68.4 Å². The molecule has 0 fully saturated rings. The molecule has 0 bridgehead atoms. The Balaban J connectivity index is 1.81. The smallest absolute Gasteiger partial charge is 0.0750 e. The van der Waals surface area contributed by atoms with Crippen LogP contribution in [0.4, 0.5) is 0 Å². The molecule has 1 aliphatic carbocycles. The second kappa shape index (κ2) is 5.42. The largest absolute Gasteiger partial charge is 0.255 e. The van der Waals surface area contributed by atoms with Gasteiger partial charge in [0.25, 0.3) is 0 Å². The summed E-state index contributed by atoms with van der Waals surface area (Å²) in [5, 5.41) is 5.31. The van der Waals surface area contributed by atoms with E-state index in [2.05, 4.69) is 68.4 Å². The number of benzene rings is 3. The molecule has 0 aliphatic heterocycles. The lowest BCUT2D eigenvalue weighted by Crippen LogP contribution is -2.04. The maximum Gasteiger partial charge on any atom is 0.0750 e. The second-order valence-electron chi connectivity index (χ2n) is 7.60. The van der Waals surface area contributed by atoms with Crippen molar-refractivity contribution in [3.8, 4) is 11.3 Å². The van der Waals surface area contributed by atoms with Crippen LogP contribution in [0.2, 0.25) is 0 Å². The zero-order valence-corrected chi connectivity index (χ0v) is 14.7. The number of hydrogen-bond acceptors (Lipinski definition) is 1. The van der Waals surface area contributed by atoms with E-state index in [1.807, 2.05) is 6.20 Å². The Hall–Kier alpha value is -2.67. The summed E-state index contributed by atoms with van der Waals surface area (Å²) in [6, 6.07) is 20.1. The summed E-state index contributed by atoms with van der Waals surface area (Å²) in [5.74, 6) is 0.671. The molecular formula is C24H21N. The van der Waals surface area contributed by atoms with Crippen molar-refractivity contribution >= 4 is 21.5 Å². The molecule has 5 rings (SSSR count). The molecule has 1 nitrogen and oxygen atoms in total. The van der Waals surface area contributed by atoms with E-state index in [4.69, 9.17) is 4.98 Å². The molecule has 122 valence electrons. The van der Waals surface area contributed by atoms with Crippen LogP contribution >= 0.6 is 0 Å². The minimum Gasteiger partial charge on any atom is -0.255 e. The molecule has 4 aromatic rings. The lowest BCUT2D eigenvalue weighted by Gasteiger charge is -2.22. The fourth-order valence-electron chi connectivity index (χ4n) is 4.28. The zero-order valence-electron chi connectivity index (χ0n) is 14.7. The first-order valence-corrected chi connectivity index (χ1v) is 9.12. The van der Waals surface area contributed by atoms with Gasteiger partial charge in [0, 0.05) is 23.6 Å². The monoisotopic (exact) mass is 323 g/mol. The minimum absolute atomic E-state index is 0.671. The van der Waals surface area contributed by atoms with Gasteiger partial charge in [-0.25, -0.2) is 0 Å². The van der Waals surface area contributed by atoms with Gasteiger partial charge >= 0.3 is 0 Å². The summed E-state index contributed by atoms with van der Waals surface area (Å²) in [6.45, 7) is 4.56. The third kappa shape index (κ3) is 2.26. The fraction of sp³-hybridized carbons (Fsp3) is 0.208. The molecule has 0 amide bonds. The number of nitrogens with zero attached hydrogens (tertiary/aromatic N) is 1.